The van der Waals surface area contributed by atoms with Crippen LogP contribution < -0.4 is 10.1 Å². The molecule has 0 spiro atoms. The Balaban J connectivity index is 3.32. The predicted molar refractivity (Wildman–Crippen MR) is 73.7 cm³/mol. The maximum atomic E-state index is 11.1. The molecule has 1 N–H and O–H groups in total. The number of benzene rings is 1. The van der Waals surface area contributed by atoms with Crippen LogP contribution in [0.3, 0.4) is 0 Å². The summed E-state index contributed by atoms with van der Waals surface area (Å²) in [6.07, 6.45) is 0. The summed E-state index contributed by atoms with van der Waals surface area (Å²) in [4.78, 5) is 11.1. The number of halogens is 1. The summed E-state index contributed by atoms with van der Waals surface area (Å²) in [7, 11) is 1.65. The molecule has 0 unspecified atom stereocenters. The van der Waals surface area contributed by atoms with Crippen LogP contribution in [-0.2, 0) is 10.2 Å². The molecule has 0 heterocycles. The van der Waals surface area contributed by atoms with Crippen LogP contribution in [0.15, 0.2) is 16.6 Å². The molecule has 1 aromatic rings. The number of rotatable bonds is 2. The summed E-state index contributed by atoms with van der Waals surface area (Å²) < 4.78 is 6.19. The minimum absolute atomic E-state index is 0.0424. The van der Waals surface area contributed by atoms with Crippen LogP contribution in [0, 0.1) is 0 Å². The zero-order chi connectivity index (χ0) is 13.2. The van der Waals surface area contributed by atoms with Crippen molar-refractivity contribution in [3.05, 3.63) is 22.2 Å². The smallest absolute Gasteiger partial charge is 0.221 e. The van der Waals surface area contributed by atoms with Crippen LogP contribution >= 0.6 is 15.9 Å². The molecule has 0 aliphatic carbocycles. The number of anilines is 1. The number of methoxy groups -OCH3 is 1. The van der Waals surface area contributed by atoms with Gasteiger partial charge in [0.05, 0.1) is 12.8 Å². The quantitative estimate of drug-likeness (QED) is 0.904. The monoisotopic (exact) mass is 299 g/mol. The molecule has 0 aliphatic heterocycles. The van der Waals surface area contributed by atoms with Crippen molar-refractivity contribution in [1.29, 1.82) is 0 Å². The Labute approximate surface area is 111 Å². The average Bonchev–Trinajstić information content (AvgIpc) is 2.18. The number of carbonyl (C=O) groups is 1. The largest absolute Gasteiger partial charge is 0.496 e. The minimum atomic E-state index is -0.0873. The van der Waals surface area contributed by atoms with Crippen LogP contribution in [-0.4, -0.2) is 13.0 Å². The van der Waals surface area contributed by atoms with E-state index in [1.165, 1.54) is 6.92 Å². The lowest BCUT2D eigenvalue weighted by atomic mass is 9.86. The molecule has 0 saturated carbocycles. The highest BCUT2D eigenvalue weighted by Gasteiger charge is 2.21. The molecule has 1 rings (SSSR count). The molecular formula is C13H18BrNO2. The van der Waals surface area contributed by atoms with E-state index in [0.29, 0.717) is 0 Å². The van der Waals surface area contributed by atoms with Crippen molar-refractivity contribution in [3.8, 4) is 5.75 Å². The zero-order valence-electron chi connectivity index (χ0n) is 10.8. The maximum Gasteiger partial charge on any atom is 0.221 e. The fraction of sp³-hybridized carbons (Fsp3) is 0.462. The van der Waals surface area contributed by atoms with Gasteiger partial charge in [0.25, 0.3) is 0 Å². The van der Waals surface area contributed by atoms with Crippen LogP contribution in [0.2, 0.25) is 0 Å². The van der Waals surface area contributed by atoms with Gasteiger partial charge >= 0.3 is 0 Å². The first-order valence-corrected chi connectivity index (χ1v) is 6.20. The van der Waals surface area contributed by atoms with Crippen LogP contribution in [0.4, 0.5) is 5.69 Å². The van der Waals surface area contributed by atoms with Gasteiger partial charge in [-0.1, -0.05) is 20.8 Å². The van der Waals surface area contributed by atoms with Crippen molar-refractivity contribution in [2.75, 3.05) is 12.4 Å². The van der Waals surface area contributed by atoms with Crippen LogP contribution in [0.1, 0.15) is 33.3 Å². The summed E-state index contributed by atoms with van der Waals surface area (Å²) in [5.74, 6) is 0.731. The molecular weight excluding hydrogens is 282 g/mol. The molecule has 4 heteroatoms. The summed E-state index contributed by atoms with van der Waals surface area (Å²) in [5, 5.41) is 2.80. The molecule has 0 aromatic heterocycles. The molecule has 0 fully saturated rings. The molecule has 0 saturated heterocycles. The average molecular weight is 300 g/mol. The highest BCUT2D eigenvalue weighted by atomic mass is 79.9. The Morgan fingerprint density at radius 2 is 1.94 bits per heavy atom. The normalized spacial score (nSPS) is 11.2. The van der Waals surface area contributed by atoms with Gasteiger partial charge in [0.2, 0.25) is 5.91 Å². The van der Waals surface area contributed by atoms with Gasteiger partial charge in [0.1, 0.15) is 5.75 Å². The van der Waals surface area contributed by atoms with E-state index >= 15 is 0 Å². The van der Waals surface area contributed by atoms with E-state index in [9.17, 15) is 4.79 Å². The van der Waals surface area contributed by atoms with E-state index in [1.54, 1.807) is 7.11 Å². The maximum absolute atomic E-state index is 11.1. The van der Waals surface area contributed by atoms with Crippen molar-refractivity contribution in [2.45, 2.75) is 33.1 Å². The molecule has 0 aliphatic rings. The number of amides is 1. The molecule has 0 bridgehead atoms. The lowest BCUT2D eigenvalue weighted by Gasteiger charge is -2.23. The molecule has 0 radical (unpaired) electrons. The Hall–Kier alpha value is -1.03. The van der Waals surface area contributed by atoms with E-state index in [1.807, 2.05) is 12.1 Å². The SMILES string of the molecule is COc1cc(Br)c(NC(C)=O)cc1C(C)(C)C. The highest BCUT2D eigenvalue weighted by molar-refractivity contribution is 9.10. The second kappa shape index (κ2) is 5.08. The number of carbonyl (C=O) groups excluding carboxylic acids is 1. The summed E-state index contributed by atoms with van der Waals surface area (Å²) in [5.41, 5.74) is 1.79. The van der Waals surface area contributed by atoms with Crippen molar-refractivity contribution in [3.63, 3.8) is 0 Å². The Kier molecular flexibility index (Phi) is 4.20. The fourth-order valence-electron chi connectivity index (χ4n) is 1.60. The lowest BCUT2D eigenvalue weighted by molar-refractivity contribution is -0.114. The number of hydrogen-bond acceptors (Lipinski definition) is 2. The van der Waals surface area contributed by atoms with Gasteiger partial charge in [0.15, 0.2) is 0 Å². The number of nitrogens with one attached hydrogen (secondary N) is 1. The standard InChI is InChI=1S/C13H18BrNO2/c1-8(16)15-11-6-9(13(2,3)4)12(17-5)7-10(11)14/h6-7H,1-5H3,(H,15,16). The first kappa shape index (κ1) is 14.0. The second-order valence-electron chi connectivity index (χ2n) is 4.96. The molecule has 94 valence electrons. The fourth-order valence-corrected chi connectivity index (χ4v) is 2.02. The highest BCUT2D eigenvalue weighted by Crippen LogP contribution is 2.37. The minimum Gasteiger partial charge on any atom is -0.496 e. The first-order chi connectivity index (χ1) is 7.75. The van der Waals surface area contributed by atoms with Crippen molar-refractivity contribution >= 4 is 27.5 Å². The van der Waals surface area contributed by atoms with E-state index in [-0.39, 0.29) is 11.3 Å². The van der Waals surface area contributed by atoms with Crippen molar-refractivity contribution < 1.29 is 9.53 Å². The predicted octanol–water partition coefficient (Wildman–Crippen LogP) is 3.71. The Morgan fingerprint density at radius 3 is 2.35 bits per heavy atom. The Bertz CT molecular complexity index is 436. The summed E-state index contributed by atoms with van der Waals surface area (Å²) >= 11 is 3.42. The topological polar surface area (TPSA) is 38.3 Å². The van der Waals surface area contributed by atoms with Gasteiger partial charge in [-0.25, -0.2) is 0 Å². The third-order valence-corrected chi connectivity index (χ3v) is 3.06. The van der Waals surface area contributed by atoms with Gasteiger partial charge in [0, 0.05) is 17.0 Å². The summed E-state index contributed by atoms with van der Waals surface area (Å²) in [6.45, 7) is 7.82. The van der Waals surface area contributed by atoms with Gasteiger partial charge in [-0.2, -0.15) is 0 Å². The molecule has 17 heavy (non-hydrogen) atoms. The summed E-state index contributed by atoms with van der Waals surface area (Å²) in [6, 6.07) is 3.83. The van der Waals surface area contributed by atoms with Crippen molar-refractivity contribution in [1.82, 2.24) is 0 Å². The lowest BCUT2D eigenvalue weighted by Crippen LogP contribution is -2.15. The second-order valence-corrected chi connectivity index (χ2v) is 5.82. The molecule has 1 amide bonds. The third-order valence-electron chi connectivity index (χ3n) is 2.41. The van der Waals surface area contributed by atoms with E-state index in [2.05, 4.69) is 42.0 Å². The van der Waals surface area contributed by atoms with Gasteiger partial charge in [-0.3, -0.25) is 4.79 Å². The molecule has 1 aromatic carbocycles. The molecule has 3 nitrogen and oxygen atoms in total. The first-order valence-electron chi connectivity index (χ1n) is 5.41. The number of hydrogen-bond donors (Lipinski definition) is 1. The number of ether oxygens (including phenoxy) is 1. The van der Waals surface area contributed by atoms with Crippen LogP contribution in [0.25, 0.3) is 0 Å². The van der Waals surface area contributed by atoms with E-state index in [4.69, 9.17) is 4.74 Å². The van der Waals surface area contributed by atoms with E-state index in [0.717, 1.165) is 21.5 Å². The van der Waals surface area contributed by atoms with E-state index < -0.39 is 0 Å². The molecule has 0 atom stereocenters. The Morgan fingerprint density at radius 1 is 1.35 bits per heavy atom. The third kappa shape index (κ3) is 3.46. The van der Waals surface area contributed by atoms with Gasteiger partial charge in [-0.05, 0) is 33.5 Å². The zero-order valence-corrected chi connectivity index (χ0v) is 12.4. The van der Waals surface area contributed by atoms with Gasteiger partial charge in [-0.15, -0.1) is 0 Å². The van der Waals surface area contributed by atoms with Crippen molar-refractivity contribution in [2.24, 2.45) is 0 Å². The van der Waals surface area contributed by atoms with Gasteiger partial charge < -0.3 is 10.1 Å². The van der Waals surface area contributed by atoms with Crippen LogP contribution in [0.5, 0.6) is 5.75 Å².